The zero-order valence-electron chi connectivity index (χ0n) is 7.75. The lowest BCUT2D eigenvalue weighted by molar-refractivity contribution is 0.266. The van der Waals surface area contributed by atoms with E-state index in [2.05, 4.69) is 10.3 Å². The molecule has 0 bridgehead atoms. The quantitative estimate of drug-likeness (QED) is 0.734. The molecular weight excluding hydrogens is 164 g/mol. The van der Waals surface area contributed by atoms with Gasteiger partial charge in [0.25, 0.3) is 0 Å². The Labute approximate surface area is 77.8 Å². The van der Waals surface area contributed by atoms with Gasteiger partial charge in [0.2, 0.25) is 0 Å². The summed E-state index contributed by atoms with van der Waals surface area (Å²) in [6, 6.07) is 3.96. The molecule has 2 N–H and O–H groups in total. The van der Waals surface area contributed by atoms with Gasteiger partial charge in [-0.15, -0.1) is 0 Å². The van der Waals surface area contributed by atoms with Crippen LogP contribution in [0.1, 0.15) is 18.4 Å². The largest absolute Gasteiger partial charge is 0.394 e. The number of nitrogens with zero attached hydrogens (tertiary/aromatic N) is 1. The summed E-state index contributed by atoms with van der Waals surface area (Å²) >= 11 is 0. The Morgan fingerprint density at radius 1 is 1.62 bits per heavy atom. The Balaban J connectivity index is 2.09. The monoisotopic (exact) mass is 178 g/mol. The molecule has 0 aliphatic heterocycles. The number of aromatic nitrogens is 1. The Hall–Kier alpha value is -1.09. The Morgan fingerprint density at radius 2 is 2.38 bits per heavy atom. The molecule has 13 heavy (non-hydrogen) atoms. The molecule has 0 aromatic carbocycles. The second-order valence-corrected chi connectivity index (χ2v) is 3.78. The average molecular weight is 178 g/mol. The van der Waals surface area contributed by atoms with Crippen LogP contribution in [0.2, 0.25) is 0 Å². The van der Waals surface area contributed by atoms with Crippen LogP contribution in [0.25, 0.3) is 0 Å². The molecule has 1 fully saturated rings. The van der Waals surface area contributed by atoms with E-state index in [-0.39, 0.29) is 12.1 Å². The highest BCUT2D eigenvalue weighted by atomic mass is 16.3. The number of pyridine rings is 1. The molecule has 0 spiro atoms. The van der Waals surface area contributed by atoms with E-state index in [0.29, 0.717) is 0 Å². The summed E-state index contributed by atoms with van der Waals surface area (Å²) in [6.45, 7) is 2.23. The fourth-order valence-electron chi connectivity index (χ4n) is 1.35. The van der Waals surface area contributed by atoms with E-state index >= 15 is 0 Å². The normalized spacial score (nSPS) is 18.3. The predicted molar refractivity (Wildman–Crippen MR) is 51.6 cm³/mol. The Kier molecular flexibility index (Phi) is 1.96. The molecule has 2 rings (SSSR count). The average Bonchev–Trinajstić information content (AvgIpc) is 2.86. The molecule has 3 heteroatoms. The van der Waals surface area contributed by atoms with Gasteiger partial charge < -0.3 is 10.4 Å². The molecule has 1 aromatic rings. The van der Waals surface area contributed by atoms with E-state index in [9.17, 15) is 0 Å². The number of hydrogen-bond donors (Lipinski definition) is 2. The molecule has 0 radical (unpaired) electrons. The van der Waals surface area contributed by atoms with Gasteiger partial charge in [0.1, 0.15) is 5.82 Å². The third kappa shape index (κ3) is 1.80. The molecule has 3 nitrogen and oxygen atoms in total. The van der Waals surface area contributed by atoms with E-state index in [1.165, 1.54) is 5.56 Å². The molecule has 1 aliphatic rings. The van der Waals surface area contributed by atoms with Crippen LogP contribution < -0.4 is 5.32 Å². The summed E-state index contributed by atoms with van der Waals surface area (Å²) in [5.74, 6) is 0.867. The molecule has 0 unspecified atom stereocenters. The second kappa shape index (κ2) is 3.00. The van der Waals surface area contributed by atoms with Crippen LogP contribution in [0.3, 0.4) is 0 Å². The number of aliphatic hydroxyl groups excluding tert-OH is 1. The first-order valence-corrected chi connectivity index (χ1v) is 4.56. The molecule has 0 atom stereocenters. The zero-order valence-corrected chi connectivity index (χ0v) is 7.75. The topological polar surface area (TPSA) is 45.2 Å². The Bertz CT molecular complexity index is 308. The van der Waals surface area contributed by atoms with Crippen LogP contribution in [0, 0.1) is 6.92 Å². The number of anilines is 1. The van der Waals surface area contributed by atoms with Crippen LogP contribution in [0.5, 0.6) is 0 Å². The van der Waals surface area contributed by atoms with Gasteiger partial charge in [0.15, 0.2) is 0 Å². The number of hydrogen-bond acceptors (Lipinski definition) is 3. The summed E-state index contributed by atoms with van der Waals surface area (Å²) in [7, 11) is 0. The van der Waals surface area contributed by atoms with Crippen LogP contribution in [0.4, 0.5) is 5.82 Å². The number of nitrogens with one attached hydrogen (secondary N) is 1. The van der Waals surface area contributed by atoms with Crippen molar-refractivity contribution < 1.29 is 5.11 Å². The number of aryl methyl sites for hydroxylation is 1. The van der Waals surface area contributed by atoms with Crippen molar-refractivity contribution in [2.24, 2.45) is 0 Å². The van der Waals surface area contributed by atoms with Gasteiger partial charge in [-0.25, -0.2) is 4.98 Å². The summed E-state index contributed by atoms with van der Waals surface area (Å²) in [6.07, 6.45) is 3.86. The summed E-state index contributed by atoms with van der Waals surface area (Å²) < 4.78 is 0. The van der Waals surface area contributed by atoms with Crippen LogP contribution >= 0.6 is 0 Å². The fraction of sp³-hybridized carbons (Fsp3) is 0.500. The van der Waals surface area contributed by atoms with Gasteiger partial charge >= 0.3 is 0 Å². The molecule has 1 aliphatic carbocycles. The molecule has 1 saturated carbocycles. The van der Waals surface area contributed by atoms with Crippen molar-refractivity contribution in [3.8, 4) is 0 Å². The minimum absolute atomic E-state index is 0.0687. The Morgan fingerprint density at radius 3 is 2.92 bits per heavy atom. The number of aliphatic hydroxyl groups is 1. The maximum Gasteiger partial charge on any atom is 0.126 e. The lowest BCUT2D eigenvalue weighted by Gasteiger charge is -2.14. The minimum atomic E-state index is -0.0687. The molecule has 0 saturated heterocycles. The molecule has 1 heterocycles. The molecule has 70 valence electrons. The maximum atomic E-state index is 9.10. The van der Waals surface area contributed by atoms with Gasteiger partial charge in [-0.3, -0.25) is 0 Å². The molecule has 1 aromatic heterocycles. The highest BCUT2D eigenvalue weighted by Gasteiger charge is 2.42. The third-order valence-electron chi connectivity index (χ3n) is 2.46. The predicted octanol–water partition coefficient (Wildman–Crippen LogP) is 1.33. The van der Waals surface area contributed by atoms with Gasteiger partial charge in [0.05, 0.1) is 12.1 Å². The third-order valence-corrected chi connectivity index (χ3v) is 2.46. The van der Waals surface area contributed by atoms with Crippen molar-refractivity contribution in [1.82, 2.24) is 4.98 Å². The van der Waals surface area contributed by atoms with E-state index in [0.717, 1.165) is 18.7 Å². The van der Waals surface area contributed by atoms with E-state index in [1.807, 2.05) is 19.1 Å². The van der Waals surface area contributed by atoms with Crippen LogP contribution in [0.15, 0.2) is 18.3 Å². The van der Waals surface area contributed by atoms with Crippen molar-refractivity contribution in [1.29, 1.82) is 0 Å². The summed E-state index contributed by atoms with van der Waals surface area (Å²) in [5, 5.41) is 12.4. The summed E-state index contributed by atoms with van der Waals surface area (Å²) in [5.41, 5.74) is 1.12. The van der Waals surface area contributed by atoms with Crippen molar-refractivity contribution in [2.75, 3.05) is 11.9 Å². The van der Waals surface area contributed by atoms with Gasteiger partial charge in [0, 0.05) is 6.20 Å². The fourth-order valence-corrected chi connectivity index (χ4v) is 1.35. The minimum Gasteiger partial charge on any atom is -0.394 e. The smallest absolute Gasteiger partial charge is 0.126 e. The second-order valence-electron chi connectivity index (χ2n) is 3.78. The SMILES string of the molecule is Cc1ccnc(NC2(CO)CC2)c1. The lowest BCUT2D eigenvalue weighted by atomic mass is 10.2. The van der Waals surface area contributed by atoms with Crippen molar-refractivity contribution in [3.63, 3.8) is 0 Å². The highest BCUT2D eigenvalue weighted by molar-refractivity contribution is 5.42. The first-order valence-electron chi connectivity index (χ1n) is 4.56. The van der Waals surface area contributed by atoms with Crippen molar-refractivity contribution in [2.45, 2.75) is 25.3 Å². The highest BCUT2D eigenvalue weighted by Crippen LogP contribution is 2.37. The van der Waals surface area contributed by atoms with Gasteiger partial charge in [-0.2, -0.15) is 0 Å². The maximum absolute atomic E-state index is 9.10. The summed E-state index contributed by atoms with van der Waals surface area (Å²) in [4.78, 5) is 4.19. The molecule has 0 amide bonds. The van der Waals surface area contributed by atoms with Crippen molar-refractivity contribution in [3.05, 3.63) is 23.9 Å². The number of rotatable bonds is 3. The molecular formula is C10H14N2O. The van der Waals surface area contributed by atoms with Crippen molar-refractivity contribution >= 4 is 5.82 Å². The van der Waals surface area contributed by atoms with E-state index in [1.54, 1.807) is 6.20 Å². The first kappa shape index (κ1) is 8.51. The van der Waals surface area contributed by atoms with E-state index < -0.39 is 0 Å². The van der Waals surface area contributed by atoms with Crippen LogP contribution in [-0.4, -0.2) is 22.2 Å². The van der Waals surface area contributed by atoms with Gasteiger partial charge in [-0.05, 0) is 37.5 Å². The van der Waals surface area contributed by atoms with Crippen LogP contribution in [-0.2, 0) is 0 Å². The lowest BCUT2D eigenvalue weighted by Crippen LogP contribution is -2.26. The first-order chi connectivity index (χ1) is 6.24. The van der Waals surface area contributed by atoms with E-state index in [4.69, 9.17) is 5.11 Å². The standard InChI is InChI=1S/C10H14N2O/c1-8-2-5-11-9(6-8)12-10(7-13)3-4-10/h2,5-6,13H,3-4,7H2,1H3,(H,11,12). The zero-order chi connectivity index (χ0) is 9.31. The van der Waals surface area contributed by atoms with Gasteiger partial charge in [-0.1, -0.05) is 0 Å².